The number of rotatable bonds is 6. The molecule has 134 valence electrons. The van der Waals surface area contributed by atoms with Crippen molar-refractivity contribution in [2.75, 3.05) is 7.11 Å². The van der Waals surface area contributed by atoms with E-state index < -0.39 is 17.8 Å². The largest absolute Gasteiger partial charge is 0.416 e. The highest BCUT2D eigenvalue weighted by molar-refractivity contribution is 5.73. The van der Waals surface area contributed by atoms with Crippen molar-refractivity contribution in [3.63, 3.8) is 0 Å². The molecule has 0 aliphatic carbocycles. The highest BCUT2D eigenvalue weighted by atomic mass is 19.4. The molecule has 0 fully saturated rings. The molecule has 0 atom stereocenters. The summed E-state index contributed by atoms with van der Waals surface area (Å²) in [6.45, 7) is 0.857. The van der Waals surface area contributed by atoms with Gasteiger partial charge in [-0.3, -0.25) is 0 Å². The van der Waals surface area contributed by atoms with Gasteiger partial charge < -0.3 is 15.4 Å². The number of ether oxygens (including phenoxy) is 1. The Morgan fingerprint density at radius 3 is 2.16 bits per heavy atom. The number of nitrogens with one attached hydrogen (secondary N) is 2. The number of hydrogen-bond donors (Lipinski definition) is 2. The van der Waals surface area contributed by atoms with E-state index in [0.29, 0.717) is 18.7 Å². The summed E-state index contributed by atoms with van der Waals surface area (Å²) in [4.78, 5) is 11.8. The first-order valence-electron chi connectivity index (χ1n) is 7.63. The second-order valence-electron chi connectivity index (χ2n) is 5.48. The standard InChI is InChI=1S/C18H19F3N2O2/c1-25-12-14-7-5-13(6-8-14)10-22-17(24)23-11-15-3-2-4-16(9-15)18(19,20)21/h2-9H,10-12H2,1H3,(H2,22,23,24). The van der Waals surface area contributed by atoms with Crippen molar-refractivity contribution in [1.82, 2.24) is 10.6 Å². The molecule has 2 aromatic rings. The Kier molecular flexibility index (Phi) is 6.41. The first-order chi connectivity index (χ1) is 11.9. The molecule has 0 saturated heterocycles. The van der Waals surface area contributed by atoms with Gasteiger partial charge in [0.1, 0.15) is 0 Å². The molecule has 0 aromatic heterocycles. The smallest absolute Gasteiger partial charge is 0.380 e. The lowest BCUT2D eigenvalue weighted by Gasteiger charge is -2.10. The van der Waals surface area contributed by atoms with Crippen molar-refractivity contribution in [1.29, 1.82) is 0 Å². The minimum absolute atomic E-state index is 0.0164. The third-order valence-corrected chi connectivity index (χ3v) is 3.49. The Bertz CT molecular complexity index is 700. The Labute approximate surface area is 144 Å². The molecule has 0 saturated carbocycles. The number of hydrogen-bond acceptors (Lipinski definition) is 2. The highest BCUT2D eigenvalue weighted by Gasteiger charge is 2.30. The fraction of sp³-hybridized carbons (Fsp3) is 0.278. The Morgan fingerprint density at radius 1 is 0.960 bits per heavy atom. The molecule has 2 aromatic carbocycles. The van der Waals surface area contributed by atoms with Crippen molar-refractivity contribution in [2.45, 2.75) is 25.9 Å². The lowest BCUT2D eigenvalue weighted by atomic mass is 10.1. The third-order valence-electron chi connectivity index (χ3n) is 3.49. The average Bonchev–Trinajstić information content (AvgIpc) is 2.59. The molecule has 0 bridgehead atoms. The maximum Gasteiger partial charge on any atom is 0.416 e. The summed E-state index contributed by atoms with van der Waals surface area (Å²) >= 11 is 0. The molecule has 2 rings (SSSR count). The summed E-state index contributed by atoms with van der Waals surface area (Å²) in [6.07, 6.45) is -4.40. The summed E-state index contributed by atoms with van der Waals surface area (Å²) in [5.74, 6) is 0. The van der Waals surface area contributed by atoms with Crippen LogP contribution < -0.4 is 10.6 Å². The van der Waals surface area contributed by atoms with Crippen LogP contribution in [0.5, 0.6) is 0 Å². The first-order valence-corrected chi connectivity index (χ1v) is 7.63. The number of alkyl halides is 3. The van der Waals surface area contributed by atoms with Crippen LogP contribution >= 0.6 is 0 Å². The van der Waals surface area contributed by atoms with Gasteiger partial charge in [0.15, 0.2) is 0 Å². The molecular formula is C18H19F3N2O2. The van der Waals surface area contributed by atoms with E-state index in [2.05, 4.69) is 10.6 Å². The predicted molar refractivity (Wildman–Crippen MR) is 87.7 cm³/mol. The molecule has 4 nitrogen and oxygen atoms in total. The van der Waals surface area contributed by atoms with Crippen LogP contribution in [0, 0.1) is 0 Å². The van der Waals surface area contributed by atoms with Crippen LogP contribution in [0.15, 0.2) is 48.5 Å². The molecule has 0 aliphatic heterocycles. The van der Waals surface area contributed by atoms with Gasteiger partial charge >= 0.3 is 12.2 Å². The van der Waals surface area contributed by atoms with Gasteiger partial charge in [-0.25, -0.2) is 4.79 Å². The van der Waals surface area contributed by atoms with E-state index in [1.807, 2.05) is 24.3 Å². The van der Waals surface area contributed by atoms with Crippen LogP contribution in [0.2, 0.25) is 0 Å². The normalized spacial score (nSPS) is 11.2. The van der Waals surface area contributed by atoms with Crippen molar-refractivity contribution < 1.29 is 22.7 Å². The Balaban J connectivity index is 1.81. The molecule has 2 N–H and O–H groups in total. The number of methoxy groups -OCH3 is 1. The molecule has 0 radical (unpaired) electrons. The molecule has 0 unspecified atom stereocenters. The minimum Gasteiger partial charge on any atom is -0.380 e. The van der Waals surface area contributed by atoms with E-state index in [0.717, 1.165) is 23.3 Å². The first kappa shape index (κ1) is 18.8. The number of urea groups is 1. The molecule has 0 aliphatic rings. The van der Waals surface area contributed by atoms with Crippen LogP contribution in [-0.4, -0.2) is 13.1 Å². The number of carbonyl (C=O) groups excluding carboxylic acids is 1. The van der Waals surface area contributed by atoms with Crippen LogP contribution in [0.25, 0.3) is 0 Å². The monoisotopic (exact) mass is 352 g/mol. The zero-order chi connectivity index (χ0) is 18.3. The van der Waals surface area contributed by atoms with E-state index in [9.17, 15) is 18.0 Å². The SMILES string of the molecule is COCc1ccc(CNC(=O)NCc2cccc(C(F)(F)F)c2)cc1. The van der Waals surface area contributed by atoms with E-state index in [1.54, 1.807) is 7.11 Å². The molecule has 25 heavy (non-hydrogen) atoms. The number of halogens is 3. The van der Waals surface area contributed by atoms with Gasteiger partial charge in [-0.15, -0.1) is 0 Å². The summed E-state index contributed by atoms with van der Waals surface area (Å²) in [6, 6.07) is 12.0. The Hall–Kier alpha value is -2.54. The lowest BCUT2D eigenvalue weighted by molar-refractivity contribution is -0.137. The average molecular weight is 352 g/mol. The van der Waals surface area contributed by atoms with Crippen molar-refractivity contribution in [2.24, 2.45) is 0 Å². The van der Waals surface area contributed by atoms with Gasteiger partial charge in [-0.05, 0) is 28.8 Å². The number of carbonyl (C=O) groups is 1. The van der Waals surface area contributed by atoms with Crippen LogP contribution in [-0.2, 0) is 30.6 Å². The highest BCUT2D eigenvalue weighted by Crippen LogP contribution is 2.29. The number of amides is 2. The summed E-state index contributed by atoms with van der Waals surface area (Å²) in [7, 11) is 1.62. The third kappa shape index (κ3) is 6.11. The fourth-order valence-electron chi connectivity index (χ4n) is 2.20. The fourth-order valence-corrected chi connectivity index (χ4v) is 2.20. The van der Waals surface area contributed by atoms with E-state index in [4.69, 9.17) is 4.74 Å². The summed E-state index contributed by atoms with van der Waals surface area (Å²) in [5.41, 5.74) is 1.59. The van der Waals surface area contributed by atoms with E-state index in [-0.39, 0.29) is 6.54 Å². The second kappa shape index (κ2) is 8.53. The summed E-state index contributed by atoms with van der Waals surface area (Å²) in [5, 5.41) is 5.20. The molecular weight excluding hydrogens is 333 g/mol. The molecule has 2 amide bonds. The van der Waals surface area contributed by atoms with Crippen LogP contribution in [0.1, 0.15) is 22.3 Å². The van der Waals surface area contributed by atoms with Crippen LogP contribution in [0.4, 0.5) is 18.0 Å². The van der Waals surface area contributed by atoms with Gasteiger partial charge in [0.05, 0.1) is 12.2 Å². The maximum absolute atomic E-state index is 12.6. The zero-order valence-corrected chi connectivity index (χ0v) is 13.7. The predicted octanol–water partition coefficient (Wildman–Crippen LogP) is 3.85. The number of benzene rings is 2. The van der Waals surface area contributed by atoms with Gasteiger partial charge in [0, 0.05) is 20.2 Å². The van der Waals surface area contributed by atoms with Crippen molar-refractivity contribution in [3.8, 4) is 0 Å². The second-order valence-corrected chi connectivity index (χ2v) is 5.48. The van der Waals surface area contributed by atoms with Crippen molar-refractivity contribution >= 4 is 6.03 Å². The minimum atomic E-state index is -4.40. The molecule has 0 heterocycles. The van der Waals surface area contributed by atoms with Gasteiger partial charge in [-0.2, -0.15) is 13.2 Å². The quantitative estimate of drug-likeness (QED) is 0.830. The van der Waals surface area contributed by atoms with Crippen molar-refractivity contribution in [3.05, 3.63) is 70.8 Å². The van der Waals surface area contributed by atoms with E-state index >= 15 is 0 Å². The lowest BCUT2D eigenvalue weighted by Crippen LogP contribution is -2.34. The van der Waals surface area contributed by atoms with E-state index in [1.165, 1.54) is 12.1 Å². The van der Waals surface area contributed by atoms with Gasteiger partial charge in [0.25, 0.3) is 0 Å². The van der Waals surface area contributed by atoms with Gasteiger partial charge in [-0.1, -0.05) is 36.4 Å². The molecule has 0 spiro atoms. The maximum atomic E-state index is 12.6. The molecule has 7 heteroatoms. The Morgan fingerprint density at radius 2 is 1.56 bits per heavy atom. The van der Waals surface area contributed by atoms with Crippen LogP contribution in [0.3, 0.4) is 0 Å². The van der Waals surface area contributed by atoms with Gasteiger partial charge in [0.2, 0.25) is 0 Å². The zero-order valence-electron chi connectivity index (χ0n) is 13.7. The topological polar surface area (TPSA) is 50.4 Å². The summed E-state index contributed by atoms with van der Waals surface area (Å²) < 4.78 is 43.0.